The number of hydrogen-bond acceptors (Lipinski definition) is 4. The molecule has 0 unspecified atom stereocenters. The molecular weight excluding hydrogens is 322 g/mol. The predicted molar refractivity (Wildman–Crippen MR) is 84.6 cm³/mol. The average molecular weight is 346 g/mol. The molecule has 1 aromatic rings. The van der Waals surface area contributed by atoms with Crippen LogP contribution in [0.15, 0.2) is 22.7 Å². The summed E-state index contributed by atoms with van der Waals surface area (Å²) in [4.78, 5) is 0. The minimum absolute atomic E-state index is 0.679. The first-order valence-corrected chi connectivity index (χ1v) is 7.75. The Morgan fingerprint density at radius 2 is 1.95 bits per heavy atom. The second-order valence-electron chi connectivity index (χ2n) is 4.29. The van der Waals surface area contributed by atoms with Gasteiger partial charge in [-0.2, -0.15) is 0 Å². The Hall–Kier alpha value is -0.620. The van der Waals surface area contributed by atoms with Gasteiger partial charge in [0.1, 0.15) is 5.75 Å². The van der Waals surface area contributed by atoms with Crippen LogP contribution in [0.3, 0.4) is 0 Å². The quantitative estimate of drug-likeness (QED) is 0.626. The van der Waals surface area contributed by atoms with E-state index in [1.165, 1.54) is 5.56 Å². The molecule has 1 N–H and O–H groups in total. The van der Waals surface area contributed by atoms with E-state index in [1.807, 2.05) is 19.1 Å². The lowest BCUT2D eigenvalue weighted by molar-refractivity contribution is 0.134. The molecule has 0 fully saturated rings. The van der Waals surface area contributed by atoms with Crippen LogP contribution < -0.4 is 10.1 Å². The van der Waals surface area contributed by atoms with Crippen molar-refractivity contribution in [3.63, 3.8) is 0 Å². The minimum atomic E-state index is 0.679. The summed E-state index contributed by atoms with van der Waals surface area (Å²) in [6, 6.07) is 6.08. The summed E-state index contributed by atoms with van der Waals surface area (Å²) in [5, 5.41) is 3.24. The maximum absolute atomic E-state index is 5.62. The Balaban J connectivity index is 2.22. The van der Waals surface area contributed by atoms with Gasteiger partial charge in [0.15, 0.2) is 0 Å². The molecule has 4 nitrogen and oxygen atoms in total. The van der Waals surface area contributed by atoms with Gasteiger partial charge in [0, 0.05) is 24.7 Å². The van der Waals surface area contributed by atoms with Gasteiger partial charge in [-0.1, -0.05) is 15.9 Å². The molecule has 0 aliphatic rings. The van der Waals surface area contributed by atoms with Gasteiger partial charge < -0.3 is 19.5 Å². The molecule has 5 heteroatoms. The third kappa shape index (κ3) is 7.24. The van der Waals surface area contributed by atoms with Crippen LogP contribution in [0, 0.1) is 0 Å². The normalized spacial score (nSPS) is 10.8. The van der Waals surface area contributed by atoms with Crippen LogP contribution in [0.5, 0.6) is 5.75 Å². The molecule has 0 aliphatic heterocycles. The number of hydrogen-bond donors (Lipinski definition) is 1. The summed E-state index contributed by atoms with van der Waals surface area (Å²) in [6.07, 6.45) is 0.854. The maximum atomic E-state index is 5.62. The number of nitrogens with one attached hydrogen (secondary N) is 1. The first-order valence-electron chi connectivity index (χ1n) is 6.96. The Morgan fingerprint density at radius 3 is 2.70 bits per heavy atom. The summed E-state index contributed by atoms with van der Waals surface area (Å²) in [5.41, 5.74) is 1.17. The van der Waals surface area contributed by atoms with E-state index in [1.54, 1.807) is 7.11 Å². The van der Waals surface area contributed by atoms with Gasteiger partial charge in [-0.3, -0.25) is 0 Å². The minimum Gasteiger partial charge on any atom is -0.494 e. The Kier molecular flexibility index (Phi) is 9.66. The molecule has 0 amide bonds. The Bertz CT molecular complexity index is 374. The molecule has 114 valence electrons. The third-order valence-electron chi connectivity index (χ3n) is 2.74. The molecule has 0 spiro atoms. The zero-order chi connectivity index (χ0) is 14.6. The van der Waals surface area contributed by atoms with E-state index in [-0.39, 0.29) is 0 Å². The van der Waals surface area contributed by atoms with Crippen molar-refractivity contribution in [1.82, 2.24) is 5.32 Å². The first-order chi connectivity index (χ1) is 9.77. The van der Waals surface area contributed by atoms with E-state index in [0.29, 0.717) is 19.8 Å². The standard InChI is InChI=1S/C15H24BrNO3/c1-3-20-15-5-4-14(16)12-13(15)6-9-19-11-8-17-7-10-18-2/h4-5,12,17H,3,6-11H2,1-2H3. The van der Waals surface area contributed by atoms with Gasteiger partial charge in [-0.05, 0) is 37.1 Å². The van der Waals surface area contributed by atoms with Crippen molar-refractivity contribution in [2.24, 2.45) is 0 Å². The summed E-state index contributed by atoms with van der Waals surface area (Å²) < 4.78 is 17.2. The van der Waals surface area contributed by atoms with Crippen LogP contribution in [-0.2, 0) is 15.9 Å². The number of ether oxygens (including phenoxy) is 3. The second kappa shape index (κ2) is 11.1. The third-order valence-corrected chi connectivity index (χ3v) is 3.24. The van der Waals surface area contributed by atoms with Crippen molar-refractivity contribution in [2.45, 2.75) is 13.3 Å². The van der Waals surface area contributed by atoms with E-state index < -0.39 is 0 Å². The van der Waals surface area contributed by atoms with Gasteiger partial charge in [-0.25, -0.2) is 0 Å². The Morgan fingerprint density at radius 1 is 1.15 bits per heavy atom. The molecule has 0 heterocycles. The Labute approximate surface area is 129 Å². The molecular formula is C15H24BrNO3. The van der Waals surface area contributed by atoms with Crippen molar-refractivity contribution in [2.75, 3.05) is 46.6 Å². The van der Waals surface area contributed by atoms with Crippen molar-refractivity contribution >= 4 is 15.9 Å². The van der Waals surface area contributed by atoms with Crippen LogP contribution in [0.2, 0.25) is 0 Å². The molecule has 0 saturated heterocycles. The summed E-state index contributed by atoms with van der Waals surface area (Å²) >= 11 is 3.49. The highest BCUT2D eigenvalue weighted by Gasteiger charge is 2.04. The van der Waals surface area contributed by atoms with E-state index in [9.17, 15) is 0 Å². The largest absolute Gasteiger partial charge is 0.494 e. The fourth-order valence-electron chi connectivity index (χ4n) is 1.77. The number of methoxy groups -OCH3 is 1. The first kappa shape index (κ1) is 17.4. The highest BCUT2D eigenvalue weighted by atomic mass is 79.9. The highest BCUT2D eigenvalue weighted by molar-refractivity contribution is 9.10. The van der Waals surface area contributed by atoms with E-state index >= 15 is 0 Å². The number of benzene rings is 1. The molecule has 1 rings (SSSR count). The fourth-order valence-corrected chi connectivity index (χ4v) is 2.18. The van der Waals surface area contributed by atoms with Crippen LogP contribution in [-0.4, -0.2) is 46.6 Å². The van der Waals surface area contributed by atoms with Gasteiger partial charge in [-0.15, -0.1) is 0 Å². The van der Waals surface area contributed by atoms with Gasteiger partial charge in [0.25, 0.3) is 0 Å². The van der Waals surface area contributed by atoms with Gasteiger partial charge in [0.2, 0.25) is 0 Å². The van der Waals surface area contributed by atoms with Gasteiger partial charge >= 0.3 is 0 Å². The van der Waals surface area contributed by atoms with E-state index in [0.717, 1.165) is 36.3 Å². The topological polar surface area (TPSA) is 39.7 Å². The summed E-state index contributed by atoms with van der Waals surface area (Å²) in [6.45, 7) is 6.52. The van der Waals surface area contributed by atoms with Crippen molar-refractivity contribution < 1.29 is 14.2 Å². The molecule has 0 aromatic heterocycles. The van der Waals surface area contributed by atoms with E-state index in [2.05, 4.69) is 27.3 Å². The van der Waals surface area contributed by atoms with E-state index in [4.69, 9.17) is 14.2 Å². The summed E-state index contributed by atoms with van der Waals surface area (Å²) in [7, 11) is 1.70. The van der Waals surface area contributed by atoms with Crippen molar-refractivity contribution in [3.8, 4) is 5.75 Å². The SMILES string of the molecule is CCOc1ccc(Br)cc1CCOCCNCCOC. The predicted octanol–water partition coefficient (Wildman–Crippen LogP) is 2.64. The average Bonchev–Trinajstić information content (AvgIpc) is 2.44. The monoisotopic (exact) mass is 345 g/mol. The van der Waals surface area contributed by atoms with Crippen LogP contribution in [0.4, 0.5) is 0 Å². The second-order valence-corrected chi connectivity index (χ2v) is 5.21. The van der Waals surface area contributed by atoms with Gasteiger partial charge in [0.05, 0.1) is 26.4 Å². The van der Waals surface area contributed by atoms with Crippen molar-refractivity contribution in [3.05, 3.63) is 28.2 Å². The van der Waals surface area contributed by atoms with Crippen LogP contribution in [0.25, 0.3) is 0 Å². The smallest absolute Gasteiger partial charge is 0.122 e. The number of halogens is 1. The molecule has 0 saturated carbocycles. The zero-order valence-corrected chi connectivity index (χ0v) is 13.9. The van der Waals surface area contributed by atoms with Crippen molar-refractivity contribution in [1.29, 1.82) is 0 Å². The maximum Gasteiger partial charge on any atom is 0.122 e. The highest BCUT2D eigenvalue weighted by Crippen LogP contribution is 2.23. The lowest BCUT2D eigenvalue weighted by atomic mass is 10.1. The molecule has 0 atom stereocenters. The lowest BCUT2D eigenvalue weighted by Crippen LogP contribution is -2.23. The van der Waals surface area contributed by atoms with Crippen LogP contribution in [0.1, 0.15) is 12.5 Å². The molecule has 0 radical (unpaired) electrons. The molecule has 0 bridgehead atoms. The number of rotatable bonds is 11. The molecule has 20 heavy (non-hydrogen) atoms. The lowest BCUT2D eigenvalue weighted by Gasteiger charge is -2.11. The molecule has 1 aromatic carbocycles. The zero-order valence-electron chi connectivity index (χ0n) is 12.3. The fraction of sp³-hybridized carbons (Fsp3) is 0.600. The summed E-state index contributed by atoms with van der Waals surface area (Å²) in [5.74, 6) is 0.942. The molecule has 0 aliphatic carbocycles. The van der Waals surface area contributed by atoms with Crippen LogP contribution >= 0.6 is 15.9 Å².